The Bertz CT molecular complexity index is 365. The first kappa shape index (κ1) is 16.7. The van der Waals surface area contributed by atoms with E-state index in [9.17, 15) is 19.8 Å². The monoisotopic (exact) mass is 286 g/mol. The Kier molecular flexibility index (Phi) is 6.67. The molecule has 0 saturated carbocycles. The molecule has 1 rings (SSSR count). The van der Waals surface area contributed by atoms with Gasteiger partial charge in [0.1, 0.15) is 12.2 Å². The van der Waals surface area contributed by atoms with E-state index in [0.29, 0.717) is 6.42 Å². The highest BCUT2D eigenvalue weighted by molar-refractivity contribution is 5.82. The van der Waals surface area contributed by atoms with E-state index in [2.05, 4.69) is 0 Å². The molecular weight excluding hydrogens is 264 g/mol. The summed E-state index contributed by atoms with van der Waals surface area (Å²) in [7, 11) is 0. The molecule has 0 aromatic heterocycles. The summed E-state index contributed by atoms with van der Waals surface area (Å²) in [6.45, 7) is 3.36. The number of ether oxygens (including phenoxy) is 2. The largest absolute Gasteiger partial charge is 0.462 e. The van der Waals surface area contributed by atoms with E-state index in [0.717, 1.165) is 0 Å². The van der Waals surface area contributed by atoms with Crippen molar-refractivity contribution in [2.45, 2.75) is 63.9 Å². The molecule has 0 aromatic carbocycles. The number of cyclic esters (lactones) is 2. The molecule has 20 heavy (non-hydrogen) atoms. The van der Waals surface area contributed by atoms with E-state index < -0.39 is 30.3 Å². The third-order valence-electron chi connectivity index (χ3n) is 3.03. The zero-order valence-corrected chi connectivity index (χ0v) is 11.8. The molecule has 2 unspecified atom stereocenters. The van der Waals surface area contributed by atoms with Crippen LogP contribution in [-0.4, -0.2) is 46.6 Å². The van der Waals surface area contributed by atoms with Crippen molar-refractivity contribution in [3.63, 3.8) is 0 Å². The van der Waals surface area contributed by atoms with Gasteiger partial charge >= 0.3 is 11.9 Å². The van der Waals surface area contributed by atoms with Crippen LogP contribution in [0.2, 0.25) is 0 Å². The molecule has 2 N–H and O–H groups in total. The zero-order valence-electron chi connectivity index (χ0n) is 11.8. The smallest absolute Gasteiger partial charge is 0.330 e. The fourth-order valence-corrected chi connectivity index (χ4v) is 1.93. The van der Waals surface area contributed by atoms with Crippen LogP contribution in [0, 0.1) is 0 Å². The number of carbonyl (C=O) groups excluding carboxylic acids is 2. The molecule has 0 radical (unpaired) electrons. The minimum atomic E-state index is -1.05. The predicted octanol–water partition coefficient (Wildman–Crippen LogP) is 0.702. The van der Waals surface area contributed by atoms with Crippen molar-refractivity contribution < 1.29 is 29.3 Å². The fraction of sp³-hybridized carbons (Fsp3) is 0.714. The third-order valence-corrected chi connectivity index (χ3v) is 3.03. The first-order chi connectivity index (χ1) is 9.38. The molecule has 1 heterocycles. The van der Waals surface area contributed by atoms with Gasteiger partial charge in [-0.3, -0.25) is 4.79 Å². The predicted molar refractivity (Wildman–Crippen MR) is 70.7 cm³/mol. The van der Waals surface area contributed by atoms with Crippen molar-refractivity contribution in [3.8, 4) is 0 Å². The highest BCUT2D eigenvalue weighted by atomic mass is 16.5. The van der Waals surface area contributed by atoms with Gasteiger partial charge in [-0.2, -0.15) is 0 Å². The van der Waals surface area contributed by atoms with E-state index >= 15 is 0 Å². The Morgan fingerprint density at radius 1 is 1.10 bits per heavy atom. The molecule has 6 heteroatoms. The topological polar surface area (TPSA) is 93.1 Å². The summed E-state index contributed by atoms with van der Waals surface area (Å²) in [4.78, 5) is 23.0. The van der Waals surface area contributed by atoms with Crippen LogP contribution in [0.5, 0.6) is 0 Å². The van der Waals surface area contributed by atoms with Crippen molar-refractivity contribution in [2.24, 2.45) is 0 Å². The van der Waals surface area contributed by atoms with Crippen LogP contribution in [-0.2, 0) is 19.1 Å². The zero-order chi connectivity index (χ0) is 15.1. The quantitative estimate of drug-likeness (QED) is 0.637. The number of rotatable bonds is 0. The molecule has 4 atom stereocenters. The second-order valence-corrected chi connectivity index (χ2v) is 5.10. The molecule has 1 aliphatic rings. The van der Waals surface area contributed by atoms with Crippen LogP contribution in [0.25, 0.3) is 0 Å². The number of aliphatic hydroxyl groups is 2. The SMILES string of the molecule is C[C@H]1CC(O)C(O)CCC(=O)O[C@@H](C)C/C=C/C(=O)O1. The summed E-state index contributed by atoms with van der Waals surface area (Å²) < 4.78 is 10.2. The Labute approximate surface area is 118 Å². The van der Waals surface area contributed by atoms with E-state index in [1.165, 1.54) is 6.08 Å². The van der Waals surface area contributed by atoms with Crippen molar-refractivity contribution in [1.29, 1.82) is 0 Å². The maximum Gasteiger partial charge on any atom is 0.330 e. The first-order valence-corrected chi connectivity index (χ1v) is 6.81. The second-order valence-electron chi connectivity index (χ2n) is 5.10. The molecule has 0 bridgehead atoms. The van der Waals surface area contributed by atoms with Crippen molar-refractivity contribution >= 4 is 11.9 Å². The highest BCUT2D eigenvalue weighted by Gasteiger charge is 2.22. The second kappa shape index (κ2) is 8.01. The lowest BCUT2D eigenvalue weighted by Crippen LogP contribution is -2.31. The van der Waals surface area contributed by atoms with Crippen LogP contribution in [0.15, 0.2) is 12.2 Å². The minimum absolute atomic E-state index is 0.0421. The first-order valence-electron chi connectivity index (χ1n) is 6.81. The molecule has 114 valence electrons. The van der Waals surface area contributed by atoms with Gasteiger partial charge in [0.05, 0.1) is 12.2 Å². The highest BCUT2D eigenvalue weighted by Crippen LogP contribution is 2.13. The summed E-state index contributed by atoms with van der Waals surface area (Å²) in [6.07, 6.45) is 0.598. The van der Waals surface area contributed by atoms with E-state index in [1.54, 1.807) is 19.9 Å². The normalized spacial score (nSPS) is 35.6. The Morgan fingerprint density at radius 2 is 1.80 bits per heavy atom. The standard InChI is InChI=1S/C14H22O6/c1-9-4-3-5-13(17)20-10(2)8-12(16)11(15)6-7-14(18)19-9/h3,5,9-12,15-16H,4,6-8H2,1-2H3/b5-3+/t9-,10-,11?,12?/m0/s1. The van der Waals surface area contributed by atoms with Gasteiger partial charge in [-0.05, 0) is 20.3 Å². The molecule has 0 aromatic rings. The number of esters is 2. The van der Waals surface area contributed by atoms with Crippen molar-refractivity contribution in [3.05, 3.63) is 12.2 Å². The molecule has 0 saturated heterocycles. The minimum Gasteiger partial charge on any atom is -0.462 e. The van der Waals surface area contributed by atoms with Crippen LogP contribution in [0.3, 0.4) is 0 Å². The van der Waals surface area contributed by atoms with E-state index in [4.69, 9.17) is 9.47 Å². The average Bonchev–Trinajstić information content (AvgIpc) is 2.34. The van der Waals surface area contributed by atoms with E-state index in [1.807, 2.05) is 0 Å². The molecule has 0 fully saturated rings. The Balaban J connectivity index is 2.70. The van der Waals surface area contributed by atoms with Gasteiger partial charge in [-0.15, -0.1) is 0 Å². The van der Waals surface area contributed by atoms with E-state index in [-0.39, 0.29) is 25.4 Å². The van der Waals surface area contributed by atoms with Crippen LogP contribution < -0.4 is 0 Å². The fourth-order valence-electron chi connectivity index (χ4n) is 1.93. The molecule has 6 nitrogen and oxygen atoms in total. The number of hydrogen-bond donors (Lipinski definition) is 2. The number of hydrogen-bond acceptors (Lipinski definition) is 6. The van der Waals surface area contributed by atoms with Crippen molar-refractivity contribution in [2.75, 3.05) is 0 Å². The van der Waals surface area contributed by atoms with Crippen molar-refractivity contribution in [1.82, 2.24) is 0 Å². The lowest BCUT2D eigenvalue weighted by atomic mass is 10.0. The summed E-state index contributed by atoms with van der Waals surface area (Å²) in [5.74, 6) is -0.945. The molecule has 1 aliphatic heterocycles. The summed E-state index contributed by atoms with van der Waals surface area (Å²) in [6, 6.07) is 0. The Hall–Kier alpha value is -1.40. The van der Waals surface area contributed by atoms with Crippen LogP contribution in [0.4, 0.5) is 0 Å². The molecular formula is C14H22O6. The lowest BCUT2D eigenvalue weighted by molar-refractivity contribution is -0.149. The van der Waals surface area contributed by atoms with Gasteiger partial charge in [0.2, 0.25) is 0 Å². The molecule has 0 aliphatic carbocycles. The van der Waals surface area contributed by atoms with Gasteiger partial charge in [-0.1, -0.05) is 6.08 Å². The Morgan fingerprint density at radius 3 is 2.50 bits per heavy atom. The summed E-state index contributed by atoms with van der Waals surface area (Å²) >= 11 is 0. The number of carbonyl (C=O) groups is 2. The molecule has 0 amide bonds. The summed E-state index contributed by atoms with van der Waals surface area (Å²) in [5.41, 5.74) is 0. The van der Waals surface area contributed by atoms with Gasteiger partial charge in [0.15, 0.2) is 0 Å². The van der Waals surface area contributed by atoms with Crippen LogP contribution >= 0.6 is 0 Å². The molecule has 0 spiro atoms. The van der Waals surface area contributed by atoms with Gasteiger partial charge < -0.3 is 19.7 Å². The third kappa shape index (κ3) is 6.16. The van der Waals surface area contributed by atoms with Gasteiger partial charge in [-0.25, -0.2) is 4.79 Å². The maximum atomic E-state index is 11.5. The van der Waals surface area contributed by atoms with Gasteiger partial charge in [0, 0.05) is 25.3 Å². The van der Waals surface area contributed by atoms with Gasteiger partial charge in [0.25, 0.3) is 0 Å². The maximum absolute atomic E-state index is 11.5. The van der Waals surface area contributed by atoms with Crippen LogP contribution in [0.1, 0.15) is 39.5 Å². The number of aliphatic hydroxyl groups excluding tert-OH is 2. The lowest BCUT2D eigenvalue weighted by Gasteiger charge is -2.21. The summed E-state index contributed by atoms with van der Waals surface area (Å²) in [5, 5.41) is 19.5. The average molecular weight is 286 g/mol.